The molecule has 0 spiro atoms. The van der Waals surface area contributed by atoms with Gasteiger partial charge in [0.25, 0.3) is 5.91 Å². The third-order valence-corrected chi connectivity index (χ3v) is 2.97. The van der Waals surface area contributed by atoms with E-state index in [1.165, 1.54) is 25.1 Å². The highest BCUT2D eigenvalue weighted by Crippen LogP contribution is 2.28. The highest BCUT2D eigenvalue weighted by Gasteiger charge is 2.21. The normalized spacial score (nSPS) is 16.6. The Labute approximate surface area is 110 Å². The summed E-state index contributed by atoms with van der Waals surface area (Å²) in [5.74, 6) is 0.385. The van der Waals surface area contributed by atoms with Crippen molar-refractivity contribution in [1.82, 2.24) is 10.3 Å². The number of hydrogen-bond donors (Lipinski definition) is 3. The SMILES string of the molecule is O=C(NCC(O)COCC1CC1)c1cc(Cl)c[nH]1. The Hall–Kier alpha value is -1.04. The van der Waals surface area contributed by atoms with Gasteiger partial charge in [-0.1, -0.05) is 11.6 Å². The molecule has 1 aliphatic rings. The maximum Gasteiger partial charge on any atom is 0.267 e. The highest BCUT2D eigenvalue weighted by atomic mass is 35.5. The standard InChI is InChI=1S/C12H17ClN2O3/c13-9-3-11(14-4-9)12(17)15-5-10(16)7-18-6-8-1-2-8/h3-4,8,10,14,16H,1-2,5-7H2,(H,15,17). The van der Waals surface area contributed by atoms with Crippen LogP contribution in [0.4, 0.5) is 0 Å². The predicted octanol–water partition coefficient (Wildman–Crippen LogP) is 1.19. The Kier molecular flexibility index (Phi) is 4.63. The van der Waals surface area contributed by atoms with Gasteiger partial charge in [-0.3, -0.25) is 4.79 Å². The molecule has 1 saturated carbocycles. The minimum Gasteiger partial charge on any atom is -0.389 e. The number of H-pyrrole nitrogens is 1. The van der Waals surface area contributed by atoms with Gasteiger partial charge in [-0.15, -0.1) is 0 Å². The Morgan fingerprint density at radius 1 is 1.67 bits per heavy atom. The summed E-state index contributed by atoms with van der Waals surface area (Å²) in [4.78, 5) is 14.3. The minimum atomic E-state index is -0.682. The topological polar surface area (TPSA) is 74.3 Å². The van der Waals surface area contributed by atoms with E-state index in [1.54, 1.807) is 0 Å². The van der Waals surface area contributed by atoms with Crippen LogP contribution >= 0.6 is 11.6 Å². The second-order valence-corrected chi connectivity index (χ2v) is 5.01. The lowest BCUT2D eigenvalue weighted by atomic mass is 10.3. The van der Waals surface area contributed by atoms with Crippen molar-refractivity contribution >= 4 is 17.5 Å². The van der Waals surface area contributed by atoms with Crippen LogP contribution in [0.25, 0.3) is 0 Å². The molecule has 1 aromatic heterocycles. The van der Waals surface area contributed by atoms with Gasteiger partial charge in [-0.05, 0) is 24.8 Å². The molecule has 100 valence electrons. The van der Waals surface area contributed by atoms with Gasteiger partial charge in [-0.25, -0.2) is 0 Å². The number of carbonyl (C=O) groups is 1. The van der Waals surface area contributed by atoms with E-state index in [1.807, 2.05) is 0 Å². The molecule has 0 aromatic carbocycles. The first-order valence-corrected chi connectivity index (χ1v) is 6.41. The quantitative estimate of drug-likeness (QED) is 0.698. The fraction of sp³-hybridized carbons (Fsp3) is 0.583. The number of rotatable bonds is 7. The summed E-state index contributed by atoms with van der Waals surface area (Å²) in [5.41, 5.74) is 0.381. The van der Waals surface area contributed by atoms with Crippen molar-refractivity contribution in [1.29, 1.82) is 0 Å². The van der Waals surface area contributed by atoms with Gasteiger partial charge in [0.1, 0.15) is 5.69 Å². The Balaban J connectivity index is 1.62. The highest BCUT2D eigenvalue weighted by molar-refractivity contribution is 6.30. The molecule has 1 aliphatic carbocycles. The first kappa shape index (κ1) is 13.4. The number of nitrogens with one attached hydrogen (secondary N) is 2. The number of halogens is 1. The summed E-state index contributed by atoms with van der Waals surface area (Å²) in [7, 11) is 0. The molecule has 0 radical (unpaired) electrons. The zero-order valence-electron chi connectivity index (χ0n) is 9.99. The van der Waals surface area contributed by atoms with Crippen LogP contribution in [0.5, 0.6) is 0 Å². The van der Waals surface area contributed by atoms with Crippen LogP contribution in [0.3, 0.4) is 0 Å². The van der Waals surface area contributed by atoms with Crippen molar-refractivity contribution in [3.63, 3.8) is 0 Å². The molecule has 18 heavy (non-hydrogen) atoms. The van der Waals surface area contributed by atoms with E-state index < -0.39 is 6.10 Å². The summed E-state index contributed by atoms with van der Waals surface area (Å²) in [6, 6.07) is 1.53. The van der Waals surface area contributed by atoms with Gasteiger partial charge in [0, 0.05) is 19.3 Å². The van der Waals surface area contributed by atoms with Crippen molar-refractivity contribution in [2.45, 2.75) is 18.9 Å². The second-order valence-electron chi connectivity index (χ2n) is 4.58. The maximum absolute atomic E-state index is 11.6. The van der Waals surface area contributed by atoms with Gasteiger partial charge in [0.2, 0.25) is 0 Å². The molecule has 2 rings (SSSR count). The zero-order valence-corrected chi connectivity index (χ0v) is 10.7. The Morgan fingerprint density at radius 3 is 3.06 bits per heavy atom. The number of amides is 1. The number of aliphatic hydroxyl groups excluding tert-OH is 1. The van der Waals surface area contributed by atoms with Crippen LogP contribution in [-0.2, 0) is 4.74 Å². The van der Waals surface area contributed by atoms with Gasteiger partial charge in [0.15, 0.2) is 0 Å². The second kappa shape index (κ2) is 6.22. The molecule has 1 aromatic rings. The van der Waals surface area contributed by atoms with Gasteiger partial charge < -0.3 is 20.1 Å². The molecule has 1 amide bonds. The molecular weight excluding hydrogens is 256 g/mol. The molecule has 3 N–H and O–H groups in total. The summed E-state index contributed by atoms with van der Waals surface area (Å²) < 4.78 is 5.33. The third kappa shape index (κ3) is 4.33. The molecule has 1 atom stereocenters. The molecule has 1 fully saturated rings. The lowest BCUT2D eigenvalue weighted by molar-refractivity contribution is 0.0320. The monoisotopic (exact) mass is 272 g/mol. The summed E-state index contributed by atoms with van der Waals surface area (Å²) in [6.45, 7) is 1.12. The fourth-order valence-corrected chi connectivity index (χ4v) is 1.68. The Bertz CT molecular complexity index is 404. The third-order valence-electron chi connectivity index (χ3n) is 2.75. The van der Waals surface area contributed by atoms with E-state index in [2.05, 4.69) is 10.3 Å². The van der Waals surface area contributed by atoms with Gasteiger partial charge >= 0.3 is 0 Å². The minimum absolute atomic E-state index is 0.167. The van der Waals surface area contributed by atoms with Crippen molar-refractivity contribution in [3.05, 3.63) is 23.0 Å². The van der Waals surface area contributed by atoms with Crippen molar-refractivity contribution < 1.29 is 14.6 Å². The van der Waals surface area contributed by atoms with E-state index in [-0.39, 0.29) is 19.1 Å². The first-order chi connectivity index (χ1) is 8.65. The summed E-state index contributed by atoms with van der Waals surface area (Å²) in [5, 5.41) is 12.7. The maximum atomic E-state index is 11.6. The molecule has 1 heterocycles. The number of aromatic nitrogens is 1. The van der Waals surface area contributed by atoms with Crippen LogP contribution in [-0.4, -0.2) is 41.9 Å². The predicted molar refractivity (Wildman–Crippen MR) is 67.7 cm³/mol. The van der Waals surface area contributed by atoms with Crippen LogP contribution in [0, 0.1) is 5.92 Å². The average molecular weight is 273 g/mol. The molecule has 0 saturated heterocycles. The lowest BCUT2D eigenvalue weighted by Crippen LogP contribution is -2.34. The zero-order chi connectivity index (χ0) is 13.0. The van der Waals surface area contributed by atoms with Crippen LogP contribution in [0.15, 0.2) is 12.3 Å². The largest absolute Gasteiger partial charge is 0.389 e. The van der Waals surface area contributed by atoms with Gasteiger partial charge in [0.05, 0.1) is 17.7 Å². The number of carbonyl (C=O) groups excluding carboxylic acids is 1. The molecule has 0 bridgehead atoms. The van der Waals surface area contributed by atoms with Crippen LogP contribution < -0.4 is 5.32 Å². The fourth-order valence-electron chi connectivity index (χ4n) is 1.52. The smallest absolute Gasteiger partial charge is 0.267 e. The lowest BCUT2D eigenvalue weighted by Gasteiger charge is -2.11. The number of aliphatic hydroxyl groups is 1. The number of ether oxygens (including phenoxy) is 1. The number of aromatic amines is 1. The summed E-state index contributed by atoms with van der Waals surface area (Å²) >= 11 is 5.69. The van der Waals surface area contributed by atoms with E-state index in [9.17, 15) is 9.90 Å². The van der Waals surface area contributed by atoms with E-state index in [0.29, 0.717) is 23.2 Å². The number of hydrogen-bond acceptors (Lipinski definition) is 3. The van der Waals surface area contributed by atoms with Crippen LogP contribution in [0.1, 0.15) is 23.3 Å². The average Bonchev–Trinajstić information content (AvgIpc) is 3.06. The van der Waals surface area contributed by atoms with Crippen molar-refractivity contribution in [3.8, 4) is 0 Å². The summed E-state index contributed by atoms with van der Waals surface area (Å²) in [6.07, 6.45) is 3.30. The first-order valence-electron chi connectivity index (χ1n) is 6.03. The molecule has 5 nitrogen and oxygen atoms in total. The van der Waals surface area contributed by atoms with E-state index in [0.717, 1.165) is 0 Å². The molecule has 0 aliphatic heterocycles. The van der Waals surface area contributed by atoms with Crippen LogP contribution in [0.2, 0.25) is 5.02 Å². The van der Waals surface area contributed by atoms with Crippen molar-refractivity contribution in [2.24, 2.45) is 5.92 Å². The molecular formula is C12H17ClN2O3. The Morgan fingerprint density at radius 2 is 2.44 bits per heavy atom. The van der Waals surface area contributed by atoms with Crippen molar-refractivity contribution in [2.75, 3.05) is 19.8 Å². The molecule has 1 unspecified atom stereocenters. The molecule has 6 heteroatoms. The van der Waals surface area contributed by atoms with Gasteiger partial charge in [-0.2, -0.15) is 0 Å². The van der Waals surface area contributed by atoms with E-state index in [4.69, 9.17) is 16.3 Å². The van der Waals surface area contributed by atoms with E-state index >= 15 is 0 Å².